The third kappa shape index (κ3) is 3.02. The summed E-state index contributed by atoms with van der Waals surface area (Å²) in [4.78, 5) is 16.7. The summed E-state index contributed by atoms with van der Waals surface area (Å²) in [5.74, 6) is 1.17. The van der Waals surface area contributed by atoms with Crippen molar-refractivity contribution in [1.82, 2.24) is 4.98 Å². The number of aromatic nitrogens is 1. The first-order valence-corrected chi connectivity index (χ1v) is 8.65. The highest BCUT2D eigenvalue weighted by atomic mass is 35.5. The van der Waals surface area contributed by atoms with Crippen molar-refractivity contribution in [3.8, 4) is 11.5 Å². The van der Waals surface area contributed by atoms with Gasteiger partial charge in [-0.25, -0.2) is 4.98 Å². The van der Waals surface area contributed by atoms with Gasteiger partial charge in [-0.05, 0) is 18.2 Å². The van der Waals surface area contributed by atoms with Crippen LogP contribution in [0.25, 0.3) is 10.2 Å². The Morgan fingerprint density at radius 1 is 1.17 bits per heavy atom. The second-order valence-electron chi connectivity index (χ2n) is 5.30. The highest BCUT2D eigenvalue weighted by Crippen LogP contribution is 2.37. The van der Waals surface area contributed by atoms with Crippen LogP contribution in [-0.2, 0) is 0 Å². The minimum absolute atomic E-state index is 0.245. The second-order valence-corrected chi connectivity index (χ2v) is 6.77. The topological polar surface area (TPSA) is 60.5 Å². The van der Waals surface area contributed by atoms with Gasteiger partial charge in [0.15, 0.2) is 16.6 Å². The van der Waals surface area contributed by atoms with Gasteiger partial charge in [-0.15, -0.1) is 0 Å². The molecule has 2 aromatic carbocycles. The van der Waals surface area contributed by atoms with E-state index in [1.54, 1.807) is 24.3 Å². The smallest absolute Gasteiger partial charge is 0.257 e. The summed E-state index contributed by atoms with van der Waals surface area (Å²) in [5.41, 5.74) is 1.26. The summed E-state index contributed by atoms with van der Waals surface area (Å²) in [7, 11) is 0. The quantitative estimate of drug-likeness (QED) is 0.737. The average molecular weight is 361 g/mol. The molecule has 0 atom stereocenters. The zero-order chi connectivity index (χ0) is 16.5. The number of amides is 1. The third-order valence-electron chi connectivity index (χ3n) is 3.57. The van der Waals surface area contributed by atoms with Gasteiger partial charge in [0.05, 0.1) is 23.4 Å². The Morgan fingerprint density at radius 3 is 2.75 bits per heavy atom. The van der Waals surface area contributed by atoms with Crippen LogP contribution >= 0.6 is 22.9 Å². The lowest BCUT2D eigenvalue weighted by atomic mass is 10.2. The van der Waals surface area contributed by atoms with Crippen molar-refractivity contribution in [2.75, 3.05) is 18.5 Å². The van der Waals surface area contributed by atoms with Gasteiger partial charge in [0, 0.05) is 29.1 Å². The van der Waals surface area contributed by atoms with E-state index in [4.69, 9.17) is 21.1 Å². The molecule has 7 heteroatoms. The lowest BCUT2D eigenvalue weighted by Gasteiger charge is -2.05. The molecule has 4 rings (SSSR count). The number of benzene rings is 2. The lowest BCUT2D eigenvalue weighted by molar-refractivity contribution is 0.102. The van der Waals surface area contributed by atoms with E-state index in [-0.39, 0.29) is 5.91 Å². The number of rotatable bonds is 2. The van der Waals surface area contributed by atoms with Gasteiger partial charge >= 0.3 is 0 Å². The summed E-state index contributed by atoms with van der Waals surface area (Å²) < 4.78 is 12.3. The Hall–Kier alpha value is -2.31. The van der Waals surface area contributed by atoms with Crippen LogP contribution in [0.2, 0.25) is 5.02 Å². The van der Waals surface area contributed by atoms with E-state index in [1.807, 2.05) is 12.1 Å². The Kier molecular flexibility index (Phi) is 4.00. The van der Waals surface area contributed by atoms with Crippen LogP contribution in [0.3, 0.4) is 0 Å². The van der Waals surface area contributed by atoms with Gasteiger partial charge in [0.1, 0.15) is 0 Å². The Labute approximate surface area is 147 Å². The molecule has 0 saturated carbocycles. The molecule has 1 aliphatic heterocycles. The minimum Gasteiger partial charge on any atom is -0.490 e. The SMILES string of the molecule is O=C(Nc1nc2cc3c(cc2s1)OCCCO3)c1cccc(Cl)c1. The molecule has 0 saturated heterocycles. The molecule has 0 spiro atoms. The number of anilines is 1. The third-order valence-corrected chi connectivity index (χ3v) is 4.73. The molecule has 1 aromatic heterocycles. The van der Waals surface area contributed by atoms with Gasteiger partial charge in [-0.3, -0.25) is 10.1 Å². The Morgan fingerprint density at radius 2 is 1.96 bits per heavy atom. The molecule has 0 bridgehead atoms. The van der Waals surface area contributed by atoms with Gasteiger partial charge in [-0.2, -0.15) is 0 Å². The van der Waals surface area contributed by atoms with Crippen molar-refractivity contribution in [1.29, 1.82) is 0 Å². The number of carbonyl (C=O) groups is 1. The molecular weight excluding hydrogens is 348 g/mol. The van der Waals surface area contributed by atoms with Crippen molar-refractivity contribution in [2.24, 2.45) is 0 Å². The van der Waals surface area contributed by atoms with Gasteiger partial charge in [0.2, 0.25) is 0 Å². The maximum absolute atomic E-state index is 12.3. The maximum Gasteiger partial charge on any atom is 0.257 e. The predicted molar refractivity (Wildman–Crippen MR) is 94.6 cm³/mol. The molecule has 2 heterocycles. The molecule has 0 radical (unpaired) electrons. The lowest BCUT2D eigenvalue weighted by Crippen LogP contribution is -2.11. The van der Waals surface area contributed by atoms with Crippen molar-refractivity contribution in [3.05, 3.63) is 47.0 Å². The van der Waals surface area contributed by atoms with Crippen LogP contribution in [0.5, 0.6) is 11.5 Å². The fourth-order valence-electron chi connectivity index (χ4n) is 2.44. The summed E-state index contributed by atoms with van der Waals surface area (Å²) in [6, 6.07) is 10.5. The van der Waals surface area contributed by atoms with E-state index in [0.717, 1.165) is 22.4 Å². The number of hydrogen-bond donors (Lipinski definition) is 1. The first-order chi connectivity index (χ1) is 11.7. The van der Waals surface area contributed by atoms with E-state index in [2.05, 4.69) is 10.3 Å². The van der Waals surface area contributed by atoms with Gasteiger partial charge < -0.3 is 9.47 Å². The molecule has 0 fully saturated rings. The summed E-state index contributed by atoms with van der Waals surface area (Å²) in [5, 5.41) is 3.85. The number of ether oxygens (including phenoxy) is 2. The molecule has 5 nitrogen and oxygen atoms in total. The van der Waals surface area contributed by atoms with Crippen molar-refractivity contribution >= 4 is 44.2 Å². The monoisotopic (exact) mass is 360 g/mol. The molecule has 3 aromatic rings. The van der Waals surface area contributed by atoms with Crippen LogP contribution in [0.15, 0.2) is 36.4 Å². The normalized spacial score (nSPS) is 13.5. The molecule has 122 valence electrons. The van der Waals surface area contributed by atoms with Gasteiger partial charge in [-0.1, -0.05) is 29.0 Å². The number of carbonyl (C=O) groups excluding carboxylic acids is 1. The maximum atomic E-state index is 12.3. The van der Waals surface area contributed by atoms with Crippen molar-refractivity contribution in [2.45, 2.75) is 6.42 Å². The van der Waals surface area contributed by atoms with Crippen LogP contribution < -0.4 is 14.8 Å². The average Bonchev–Trinajstić information content (AvgIpc) is 2.80. The zero-order valence-corrected chi connectivity index (χ0v) is 14.1. The molecule has 0 unspecified atom stereocenters. The van der Waals surface area contributed by atoms with Gasteiger partial charge in [0.25, 0.3) is 5.91 Å². The molecule has 0 aliphatic carbocycles. The van der Waals surface area contributed by atoms with Crippen LogP contribution in [0, 0.1) is 0 Å². The summed E-state index contributed by atoms with van der Waals surface area (Å²) in [6.07, 6.45) is 0.858. The largest absolute Gasteiger partial charge is 0.490 e. The van der Waals surface area contributed by atoms with E-state index >= 15 is 0 Å². The number of nitrogens with one attached hydrogen (secondary N) is 1. The van der Waals surface area contributed by atoms with E-state index < -0.39 is 0 Å². The van der Waals surface area contributed by atoms with Crippen molar-refractivity contribution < 1.29 is 14.3 Å². The van der Waals surface area contributed by atoms with Crippen LogP contribution in [-0.4, -0.2) is 24.1 Å². The fraction of sp³-hybridized carbons (Fsp3) is 0.176. The van der Waals surface area contributed by atoms with Crippen LogP contribution in [0.1, 0.15) is 16.8 Å². The number of hydrogen-bond acceptors (Lipinski definition) is 5. The van der Waals surface area contributed by atoms with E-state index in [0.29, 0.717) is 34.7 Å². The summed E-state index contributed by atoms with van der Waals surface area (Å²) >= 11 is 7.31. The number of thiazole rings is 1. The predicted octanol–water partition coefficient (Wildman–Crippen LogP) is 4.36. The second kappa shape index (κ2) is 6.30. The minimum atomic E-state index is -0.245. The first kappa shape index (κ1) is 15.2. The molecular formula is C17H13ClN2O3S. The van der Waals surface area contributed by atoms with E-state index in [9.17, 15) is 4.79 Å². The number of halogens is 1. The summed E-state index contributed by atoms with van der Waals surface area (Å²) in [6.45, 7) is 1.26. The Balaban J connectivity index is 1.62. The molecule has 1 N–H and O–H groups in total. The van der Waals surface area contributed by atoms with Crippen molar-refractivity contribution in [3.63, 3.8) is 0 Å². The standard InChI is InChI=1S/C17H13ClN2O3S/c18-11-4-1-3-10(7-11)16(21)20-17-19-12-8-13-14(9-15(12)24-17)23-6-2-5-22-13/h1,3-4,7-9H,2,5-6H2,(H,19,20,21). The molecule has 1 amide bonds. The fourth-order valence-corrected chi connectivity index (χ4v) is 3.50. The molecule has 1 aliphatic rings. The Bertz CT molecular complexity index is 882. The van der Waals surface area contributed by atoms with E-state index in [1.165, 1.54) is 11.3 Å². The number of nitrogens with zero attached hydrogens (tertiary/aromatic N) is 1. The first-order valence-electron chi connectivity index (χ1n) is 7.46. The number of fused-ring (bicyclic) bond motifs is 2. The zero-order valence-electron chi connectivity index (χ0n) is 12.5. The highest BCUT2D eigenvalue weighted by Gasteiger charge is 2.15. The highest BCUT2D eigenvalue weighted by molar-refractivity contribution is 7.22. The molecule has 24 heavy (non-hydrogen) atoms. The van der Waals surface area contributed by atoms with Crippen LogP contribution in [0.4, 0.5) is 5.13 Å².